The number of para-hydroxylation sites is 1. The zero-order valence-electron chi connectivity index (χ0n) is 15.1. The highest BCUT2D eigenvalue weighted by atomic mass is 35.5. The number of rotatable bonds is 4. The fraction of sp³-hybridized carbons (Fsp3) is 0.286. The van der Waals surface area contributed by atoms with E-state index in [1.165, 1.54) is 0 Å². The van der Waals surface area contributed by atoms with Crippen molar-refractivity contribution in [1.29, 1.82) is 0 Å². The highest BCUT2D eigenvalue weighted by Gasteiger charge is 2.22. The average Bonchev–Trinajstić information content (AvgIpc) is 3.24. The Balaban J connectivity index is 1.57. The van der Waals surface area contributed by atoms with Gasteiger partial charge in [0.05, 0.1) is 16.2 Å². The van der Waals surface area contributed by atoms with Crippen LogP contribution >= 0.6 is 11.6 Å². The molecule has 0 saturated carbocycles. The zero-order chi connectivity index (χ0) is 18.8. The first-order chi connectivity index (χ1) is 13.1. The number of aryl methyl sites for hydroxylation is 1. The van der Waals surface area contributed by atoms with Crippen molar-refractivity contribution in [3.8, 4) is 0 Å². The lowest BCUT2D eigenvalue weighted by atomic mass is 10.1. The molecule has 5 nitrogen and oxygen atoms in total. The average molecular weight is 382 g/mol. The van der Waals surface area contributed by atoms with Gasteiger partial charge in [0.1, 0.15) is 18.0 Å². The molecule has 3 heterocycles. The molecule has 0 radical (unpaired) electrons. The van der Waals surface area contributed by atoms with Gasteiger partial charge in [-0.25, -0.2) is 14.8 Å². The number of nitrogens with zero attached hydrogens (tertiary/aromatic N) is 3. The first-order valence-corrected chi connectivity index (χ1v) is 9.44. The van der Waals surface area contributed by atoms with E-state index in [0.717, 1.165) is 42.4 Å². The Morgan fingerprint density at radius 2 is 1.96 bits per heavy atom. The molecule has 0 atom stereocenters. The molecule has 2 aromatic heterocycles. The molecule has 0 N–H and O–H groups in total. The van der Waals surface area contributed by atoms with Gasteiger partial charge in [-0.05, 0) is 43.5 Å². The van der Waals surface area contributed by atoms with E-state index in [4.69, 9.17) is 16.3 Å². The molecule has 1 fully saturated rings. The standard InChI is InChI=1S/C21H20ClN3O2/c1-14-15-7-2-3-9-17(15)24-18(19(14)22)13-27-21(26)16-8-6-10-23-20(16)25-11-4-5-12-25/h2-3,6-10H,4-5,11-13H2,1H3. The molecule has 138 valence electrons. The minimum atomic E-state index is -0.409. The molecule has 1 aromatic carbocycles. The largest absolute Gasteiger partial charge is 0.455 e. The van der Waals surface area contributed by atoms with Crippen molar-refractivity contribution in [1.82, 2.24) is 9.97 Å². The summed E-state index contributed by atoms with van der Waals surface area (Å²) in [5.41, 5.74) is 2.82. The van der Waals surface area contributed by atoms with Crippen molar-refractivity contribution in [2.24, 2.45) is 0 Å². The van der Waals surface area contributed by atoms with Crippen LogP contribution in [0.15, 0.2) is 42.6 Å². The number of esters is 1. The first-order valence-electron chi connectivity index (χ1n) is 9.06. The fourth-order valence-electron chi connectivity index (χ4n) is 3.46. The van der Waals surface area contributed by atoms with Gasteiger partial charge in [-0.3, -0.25) is 0 Å². The number of anilines is 1. The highest BCUT2D eigenvalue weighted by molar-refractivity contribution is 6.32. The van der Waals surface area contributed by atoms with Gasteiger partial charge in [0.15, 0.2) is 0 Å². The predicted molar refractivity (Wildman–Crippen MR) is 106 cm³/mol. The number of benzene rings is 1. The lowest BCUT2D eigenvalue weighted by molar-refractivity contribution is 0.0468. The Bertz CT molecular complexity index is 1000. The predicted octanol–water partition coefficient (Wildman–Crippen LogP) is 4.55. The van der Waals surface area contributed by atoms with Crippen LogP contribution < -0.4 is 4.90 Å². The first kappa shape index (κ1) is 17.7. The van der Waals surface area contributed by atoms with Crippen LogP contribution in [-0.4, -0.2) is 29.0 Å². The monoisotopic (exact) mass is 381 g/mol. The van der Waals surface area contributed by atoms with E-state index in [0.29, 0.717) is 22.1 Å². The Morgan fingerprint density at radius 3 is 2.78 bits per heavy atom. The van der Waals surface area contributed by atoms with E-state index in [-0.39, 0.29) is 6.61 Å². The molecule has 3 aromatic rings. The summed E-state index contributed by atoms with van der Waals surface area (Å²) in [6.07, 6.45) is 3.93. The summed E-state index contributed by atoms with van der Waals surface area (Å²) in [5, 5.41) is 1.54. The third kappa shape index (κ3) is 3.47. The molecule has 0 unspecified atom stereocenters. The van der Waals surface area contributed by atoms with E-state index in [2.05, 4.69) is 14.9 Å². The van der Waals surface area contributed by atoms with Gasteiger partial charge in [-0.2, -0.15) is 0 Å². The minimum Gasteiger partial charge on any atom is -0.455 e. The third-order valence-corrected chi connectivity index (χ3v) is 5.40. The van der Waals surface area contributed by atoms with Gasteiger partial charge in [0.2, 0.25) is 0 Å². The summed E-state index contributed by atoms with van der Waals surface area (Å²) in [4.78, 5) is 23.8. The second-order valence-corrected chi connectivity index (χ2v) is 7.04. The molecular weight excluding hydrogens is 362 g/mol. The smallest absolute Gasteiger partial charge is 0.342 e. The molecule has 0 aliphatic carbocycles. The van der Waals surface area contributed by atoms with E-state index in [9.17, 15) is 4.79 Å². The summed E-state index contributed by atoms with van der Waals surface area (Å²) in [6, 6.07) is 11.3. The molecule has 0 amide bonds. The van der Waals surface area contributed by atoms with Crippen molar-refractivity contribution < 1.29 is 9.53 Å². The Labute approximate surface area is 162 Å². The molecule has 6 heteroatoms. The zero-order valence-corrected chi connectivity index (χ0v) is 15.9. The van der Waals surface area contributed by atoms with Crippen LogP contribution in [0, 0.1) is 6.92 Å². The Kier molecular flexibility index (Phi) is 4.94. The molecule has 0 spiro atoms. The number of ether oxygens (including phenoxy) is 1. The van der Waals surface area contributed by atoms with Gasteiger partial charge in [-0.15, -0.1) is 0 Å². The summed E-state index contributed by atoms with van der Waals surface area (Å²) in [5.74, 6) is 0.280. The van der Waals surface area contributed by atoms with Crippen LogP contribution in [0.1, 0.15) is 34.5 Å². The Morgan fingerprint density at radius 1 is 1.19 bits per heavy atom. The van der Waals surface area contributed by atoms with E-state index >= 15 is 0 Å². The van der Waals surface area contributed by atoms with Crippen LogP contribution in [-0.2, 0) is 11.3 Å². The van der Waals surface area contributed by atoms with Crippen molar-refractivity contribution in [3.05, 3.63) is 64.4 Å². The number of pyridine rings is 2. The van der Waals surface area contributed by atoms with Crippen molar-refractivity contribution in [2.75, 3.05) is 18.0 Å². The molecule has 1 aliphatic heterocycles. The second-order valence-electron chi connectivity index (χ2n) is 6.66. The highest BCUT2D eigenvalue weighted by Crippen LogP contribution is 2.28. The summed E-state index contributed by atoms with van der Waals surface area (Å²) in [7, 11) is 0. The van der Waals surface area contributed by atoms with Crippen molar-refractivity contribution in [3.63, 3.8) is 0 Å². The second kappa shape index (κ2) is 7.53. The lowest BCUT2D eigenvalue weighted by Crippen LogP contribution is -2.22. The number of aromatic nitrogens is 2. The summed E-state index contributed by atoms with van der Waals surface area (Å²) < 4.78 is 5.55. The lowest BCUT2D eigenvalue weighted by Gasteiger charge is -2.19. The van der Waals surface area contributed by atoms with Crippen molar-refractivity contribution in [2.45, 2.75) is 26.4 Å². The van der Waals surface area contributed by atoms with Gasteiger partial charge in [0.25, 0.3) is 0 Å². The van der Waals surface area contributed by atoms with Gasteiger partial charge in [0, 0.05) is 24.7 Å². The van der Waals surface area contributed by atoms with Crippen LogP contribution in [0.25, 0.3) is 10.9 Å². The quantitative estimate of drug-likeness (QED) is 0.620. The number of halogens is 1. The molecule has 1 aliphatic rings. The van der Waals surface area contributed by atoms with Gasteiger partial charge >= 0.3 is 5.97 Å². The minimum absolute atomic E-state index is 0.0255. The number of hydrogen-bond donors (Lipinski definition) is 0. The molecule has 0 bridgehead atoms. The van der Waals surface area contributed by atoms with Crippen LogP contribution in [0.2, 0.25) is 5.02 Å². The van der Waals surface area contributed by atoms with E-state index in [1.54, 1.807) is 18.3 Å². The SMILES string of the molecule is Cc1c(Cl)c(COC(=O)c2cccnc2N2CCCC2)nc2ccccc12. The molecule has 4 rings (SSSR count). The van der Waals surface area contributed by atoms with E-state index < -0.39 is 5.97 Å². The maximum atomic E-state index is 12.7. The fourth-order valence-corrected chi connectivity index (χ4v) is 3.66. The van der Waals surface area contributed by atoms with Gasteiger partial charge < -0.3 is 9.64 Å². The van der Waals surface area contributed by atoms with E-state index in [1.807, 2.05) is 31.2 Å². The normalized spacial score (nSPS) is 13.9. The third-order valence-electron chi connectivity index (χ3n) is 4.90. The number of carbonyl (C=O) groups excluding carboxylic acids is 1. The molecule has 1 saturated heterocycles. The maximum Gasteiger partial charge on any atom is 0.342 e. The maximum absolute atomic E-state index is 12.7. The van der Waals surface area contributed by atoms with Crippen LogP contribution in [0.4, 0.5) is 5.82 Å². The molecular formula is C21H20ClN3O2. The number of hydrogen-bond acceptors (Lipinski definition) is 5. The Hall–Kier alpha value is -2.66. The van der Waals surface area contributed by atoms with Crippen molar-refractivity contribution >= 4 is 34.3 Å². The number of carbonyl (C=O) groups is 1. The number of fused-ring (bicyclic) bond motifs is 1. The van der Waals surface area contributed by atoms with Gasteiger partial charge in [-0.1, -0.05) is 29.8 Å². The summed E-state index contributed by atoms with van der Waals surface area (Å²) in [6.45, 7) is 3.80. The summed E-state index contributed by atoms with van der Waals surface area (Å²) >= 11 is 6.46. The molecule has 27 heavy (non-hydrogen) atoms. The topological polar surface area (TPSA) is 55.3 Å². The van der Waals surface area contributed by atoms with Crippen LogP contribution in [0.5, 0.6) is 0 Å². The van der Waals surface area contributed by atoms with Crippen LogP contribution in [0.3, 0.4) is 0 Å².